The standard InChI is InChI=1S/C16H19N3/c1-11-10-19(14-6-7-14)16(18-11)17-9-13-8-12-4-2-3-5-15(12)13/h2-5,10,13-14H,6-9H2,1H3,(H,17,18). The smallest absolute Gasteiger partial charge is 0.203 e. The fraction of sp³-hybridized carbons (Fsp3) is 0.438. The van der Waals surface area contributed by atoms with Crippen molar-refractivity contribution in [2.75, 3.05) is 11.9 Å². The Balaban J connectivity index is 1.46. The summed E-state index contributed by atoms with van der Waals surface area (Å²) in [7, 11) is 0. The molecular formula is C16H19N3. The molecule has 0 amide bonds. The molecular weight excluding hydrogens is 234 g/mol. The molecule has 1 atom stereocenters. The van der Waals surface area contributed by atoms with E-state index in [-0.39, 0.29) is 0 Å². The summed E-state index contributed by atoms with van der Waals surface area (Å²) in [6.45, 7) is 3.07. The lowest BCUT2D eigenvalue weighted by Gasteiger charge is -2.30. The molecule has 3 nitrogen and oxygen atoms in total. The van der Waals surface area contributed by atoms with E-state index in [9.17, 15) is 0 Å². The maximum Gasteiger partial charge on any atom is 0.203 e. The van der Waals surface area contributed by atoms with Crippen molar-refractivity contribution < 1.29 is 0 Å². The van der Waals surface area contributed by atoms with E-state index in [1.54, 1.807) is 0 Å². The highest BCUT2D eigenvalue weighted by Gasteiger charge is 2.28. The van der Waals surface area contributed by atoms with Crippen molar-refractivity contribution in [3.8, 4) is 0 Å². The van der Waals surface area contributed by atoms with E-state index in [1.165, 1.54) is 30.4 Å². The van der Waals surface area contributed by atoms with Crippen molar-refractivity contribution in [3.63, 3.8) is 0 Å². The first-order chi connectivity index (χ1) is 9.31. The molecule has 1 aromatic heterocycles. The second-order valence-electron chi connectivity index (χ2n) is 5.83. The summed E-state index contributed by atoms with van der Waals surface area (Å²) in [5.74, 6) is 1.71. The summed E-state index contributed by atoms with van der Waals surface area (Å²) >= 11 is 0. The van der Waals surface area contributed by atoms with Gasteiger partial charge in [-0.3, -0.25) is 0 Å². The first kappa shape index (κ1) is 11.1. The molecule has 0 radical (unpaired) electrons. The van der Waals surface area contributed by atoms with Crippen LogP contribution >= 0.6 is 0 Å². The Morgan fingerprint density at radius 3 is 2.95 bits per heavy atom. The lowest BCUT2D eigenvalue weighted by Crippen LogP contribution is -2.25. The number of aromatic nitrogens is 2. The van der Waals surface area contributed by atoms with Crippen molar-refractivity contribution in [3.05, 3.63) is 47.3 Å². The highest BCUT2D eigenvalue weighted by Crippen LogP contribution is 2.38. The lowest BCUT2D eigenvalue weighted by atomic mass is 9.78. The quantitative estimate of drug-likeness (QED) is 0.906. The molecule has 3 heteroatoms. The number of rotatable bonds is 4. The molecule has 1 N–H and O–H groups in total. The van der Waals surface area contributed by atoms with Crippen molar-refractivity contribution in [1.29, 1.82) is 0 Å². The van der Waals surface area contributed by atoms with E-state index in [2.05, 4.69) is 52.3 Å². The summed E-state index contributed by atoms with van der Waals surface area (Å²) < 4.78 is 2.32. The van der Waals surface area contributed by atoms with E-state index in [1.807, 2.05) is 0 Å². The van der Waals surface area contributed by atoms with Crippen molar-refractivity contribution >= 4 is 5.95 Å². The van der Waals surface area contributed by atoms with Gasteiger partial charge in [0.05, 0.1) is 5.69 Å². The Morgan fingerprint density at radius 1 is 1.32 bits per heavy atom. The van der Waals surface area contributed by atoms with E-state index in [0.717, 1.165) is 18.2 Å². The number of hydrogen-bond donors (Lipinski definition) is 1. The number of benzene rings is 1. The van der Waals surface area contributed by atoms with Crippen LogP contribution in [0, 0.1) is 6.92 Å². The van der Waals surface area contributed by atoms with Crippen LogP contribution in [0.4, 0.5) is 5.95 Å². The van der Waals surface area contributed by atoms with E-state index in [0.29, 0.717) is 12.0 Å². The molecule has 19 heavy (non-hydrogen) atoms. The summed E-state index contributed by atoms with van der Waals surface area (Å²) in [6.07, 6.45) is 5.98. The molecule has 1 fully saturated rings. The first-order valence-corrected chi connectivity index (χ1v) is 7.18. The van der Waals surface area contributed by atoms with Crippen molar-refractivity contribution in [2.24, 2.45) is 0 Å². The van der Waals surface area contributed by atoms with Gasteiger partial charge < -0.3 is 9.88 Å². The molecule has 1 saturated carbocycles. The van der Waals surface area contributed by atoms with E-state index < -0.39 is 0 Å². The number of fused-ring (bicyclic) bond motifs is 1. The number of aryl methyl sites for hydroxylation is 1. The molecule has 2 aliphatic rings. The van der Waals surface area contributed by atoms with Gasteiger partial charge in [0.25, 0.3) is 0 Å². The van der Waals surface area contributed by atoms with Gasteiger partial charge in [0, 0.05) is 24.7 Å². The molecule has 98 valence electrons. The number of nitrogens with zero attached hydrogens (tertiary/aromatic N) is 2. The number of hydrogen-bond acceptors (Lipinski definition) is 2. The second-order valence-corrected chi connectivity index (χ2v) is 5.83. The van der Waals surface area contributed by atoms with Gasteiger partial charge in [-0.2, -0.15) is 0 Å². The zero-order valence-corrected chi connectivity index (χ0v) is 11.3. The van der Waals surface area contributed by atoms with E-state index in [4.69, 9.17) is 0 Å². The Hall–Kier alpha value is -1.77. The number of anilines is 1. The van der Waals surface area contributed by atoms with Gasteiger partial charge in [-0.1, -0.05) is 24.3 Å². The predicted molar refractivity (Wildman–Crippen MR) is 76.6 cm³/mol. The largest absolute Gasteiger partial charge is 0.355 e. The van der Waals surface area contributed by atoms with Gasteiger partial charge in [0.15, 0.2) is 0 Å². The molecule has 2 aliphatic carbocycles. The molecule has 0 spiro atoms. The maximum absolute atomic E-state index is 4.61. The van der Waals surface area contributed by atoms with Gasteiger partial charge in [-0.25, -0.2) is 4.98 Å². The van der Waals surface area contributed by atoms with Crippen molar-refractivity contribution in [1.82, 2.24) is 9.55 Å². The van der Waals surface area contributed by atoms with Crippen LogP contribution in [0.3, 0.4) is 0 Å². The average molecular weight is 253 g/mol. The van der Waals surface area contributed by atoms with E-state index >= 15 is 0 Å². The van der Waals surface area contributed by atoms with Crippen molar-refractivity contribution in [2.45, 2.75) is 38.1 Å². The third-order valence-electron chi connectivity index (χ3n) is 4.26. The second kappa shape index (κ2) is 4.12. The summed E-state index contributed by atoms with van der Waals surface area (Å²) in [4.78, 5) is 4.61. The zero-order chi connectivity index (χ0) is 12.8. The first-order valence-electron chi connectivity index (χ1n) is 7.18. The van der Waals surface area contributed by atoms with Crippen LogP contribution in [0.25, 0.3) is 0 Å². The summed E-state index contributed by atoms with van der Waals surface area (Å²) in [5.41, 5.74) is 4.13. The highest BCUT2D eigenvalue weighted by atomic mass is 15.2. The minimum absolute atomic E-state index is 0.654. The number of imidazole rings is 1. The topological polar surface area (TPSA) is 29.9 Å². The van der Waals surface area contributed by atoms with Crippen LogP contribution in [-0.4, -0.2) is 16.1 Å². The lowest BCUT2D eigenvalue weighted by molar-refractivity contribution is 0.627. The number of nitrogens with one attached hydrogen (secondary N) is 1. The summed E-state index contributed by atoms with van der Waals surface area (Å²) in [6, 6.07) is 9.45. The van der Waals surface area contributed by atoms with Crippen LogP contribution in [-0.2, 0) is 6.42 Å². The van der Waals surface area contributed by atoms with Crippen LogP contribution in [0.1, 0.15) is 41.6 Å². The van der Waals surface area contributed by atoms with Crippen LogP contribution in [0.2, 0.25) is 0 Å². The van der Waals surface area contributed by atoms with Crippen LogP contribution in [0.5, 0.6) is 0 Å². The average Bonchev–Trinajstić information content (AvgIpc) is 3.15. The Labute approximate surface area is 113 Å². The molecule has 2 aromatic rings. The van der Waals surface area contributed by atoms with Gasteiger partial charge in [0.2, 0.25) is 5.95 Å². The fourth-order valence-electron chi connectivity index (χ4n) is 3.04. The maximum atomic E-state index is 4.61. The van der Waals surface area contributed by atoms with Gasteiger partial charge in [0.1, 0.15) is 0 Å². The Morgan fingerprint density at radius 2 is 2.16 bits per heavy atom. The predicted octanol–water partition coefficient (Wildman–Crippen LogP) is 3.28. The monoisotopic (exact) mass is 253 g/mol. The van der Waals surface area contributed by atoms with Gasteiger partial charge in [-0.05, 0) is 37.3 Å². The molecule has 1 aromatic carbocycles. The minimum Gasteiger partial charge on any atom is -0.355 e. The SMILES string of the molecule is Cc1cn(C2CC2)c(NCC2Cc3ccccc32)n1. The summed E-state index contributed by atoms with van der Waals surface area (Å²) in [5, 5.41) is 3.55. The fourth-order valence-corrected chi connectivity index (χ4v) is 3.04. The third-order valence-corrected chi connectivity index (χ3v) is 4.26. The molecule has 0 saturated heterocycles. The van der Waals surface area contributed by atoms with Gasteiger partial charge in [-0.15, -0.1) is 0 Å². The minimum atomic E-state index is 0.654. The normalized spacial score (nSPS) is 20.8. The van der Waals surface area contributed by atoms with Gasteiger partial charge >= 0.3 is 0 Å². The highest BCUT2D eigenvalue weighted by molar-refractivity contribution is 5.42. The molecule has 1 heterocycles. The molecule has 4 rings (SSSR count). The molecule has 0 aliphatic heterocycles. The van der Waals surface area contributed by atoms with Crippen LogP contribution in [0.15, 0.2) is 30.5 Å². The third kappa shape index (κ3) is 1.93. The Kier molecular flexibility index (Phi) is 2.40. The Bertz CT molecular complexity index is 610. The zero-order valence-electron chi connectivity index (χ0n) is 11.3. The molecule has 0 bridgehead atoms. The van der Waals surface area contributed by atoms with Crippen LogP contribution < -0.4 is 5.32 Å². The molecule has 1 unspecified atom stereocenters.